The number of H-pyrrole nitrogens is 1. The van der Waals surface area contributed by atoms with Crippen LogP contribution in [0.15, 0.2) is 137 Å². The average molecular weight is 652 g/mol. The fraction of sp³-hybridized carbons (Fsp3) is 0.243. The number of aliphatic hydroxyl groups excluding tert-OH is 1. The number of rotatable bonds is 11. The predicted molar refractivity (Wildman–Crippen MR) is 178 cm³/mol. The van der Waals surface area contributed by atoms with Crippen molar-refractivity contribution in [2.75, 3.05) is 6.61 Å². The third-order valence-electron chi connectivity index (χ3n) is 8.66. The Morgan fingerprint density at radius 1 is 0.851 bits per heavy atom. The molecule has 1 aliphatic heterocycles. The van der Waals surface area contributed by atoms with Gasteiger partial charge in [-0.25, -0.2) is 4.79 Å². The van der Waals surface area contributed by atoms with E-state index in [4.69, 9.17) is 14.2 Å². The summed E-state index contributed by atoms with van der Waals surface area (Å²) in [4.78, 5) is 27.4. The van der Waals surface area contributed by atoms with Crippen LogP contribution in [0.2, 0.25) is 13.1 Å². The summed E-state index contributed by atoms with van der Waals surface area (Å²) >= 11 is 0. The van der Waals surface area contributed by atoms with Crippen molar-refractivity contribution >= 4 is 8.80 Å². The van der Waals surface area contributed by atoms with Crippen LogP contribution < -0.4 is 11.2 Å². The Morgan fingerprint density at radius 3 is 1.83 bits per heavy atom. The molecule has 0 amide bonds. The highest BCUT2D eigenvalue weighted by atomic mass is 28.3. The minimum absolute atomic E-state index is 0.0962. The second kappa shape index (κ2) is 13.7. The highest BCUT2D eigenvalue weighted by Gasteiger charge is 2.60. The van der Waals surface area contributed by atoms with Gasteiger partial charge in [0.25, 0.3) is 5.56 Å². The fourth-order valence-electron chi connectivity index (χ4n) is 6.41. The van der Waals surface area contributed by atoms with Gasteiger partial charge in [-0.1, -0.05) is 134 Å². The van der Waals surface area contributed by atoms with Crippen LogP contribution in [0.5, 0.6) is 0 Å². The molecule has 1 radical (unpaired) electrons. The van der Waals surface area contributed by atoms with Crippen molar-refractivity contribution in [2.24, 2.45) is 0 Å². The molecular weight excluding hydrogens is 615 g/mol. The molecule has 4 atom stereocenters. The van der Waals surface area contributed by atoms with Crippen LogP contribution in [0.3, 0.4) is 0 Å². The van der Waals surface area contributed by atoms with E-state index >= 15 is 0 Å². The minimum Gasteiger partial charge on any atom is -0.387 e. The number of aromatic amines is 1. The van der Waals surface area contributed by atoms with Gasteiger partial charge in [-0.2, -0.15) is 4.39 Å². The van der Waals surface area contributed by atoms with Crippen LogP contribution >= 0.6 is 0 Å². The molecule has 0 aliphatic carbocycles. The molecule has 2 N–H and O–H groups in total. The monoisotopic (exact) mass is 651 g/mol. The number of ether oxygens (including phenoxy) is 3. The van der Waals surface area contributed by atoms with E-state index in [1.165, 1.54) is 0 Å². The van der Waals surface area contributed by atoms with Gasteiger partial charge < -0.3 is 19.3 Å². The van der Waals surface area contributed by atoms with Crippen molar-refractivity contribution in [3.05, 3.63) is 176 Å². The third kappa shape index (κ3) is 6.06. The summed E-state index contributed by atoms with van der Waals surface area (Å²) in [5, 5.41) is 10.4. The van der Waals surface area contributed by atoms with E-state index in [-0.39, 0.29) is 13.2 Å². The molecule has 4 aromatic carbocycles. The van der Waals surface area contributed by atoms with E-state index < -0.39 is 55.1 Å². The van der Waals surface area contributed by atoms with E-state index in [2.05, 4.69) is 4.98 Å². The van der Waals surface area contributed by atoms with Gasteiger partial charge >= 0.3 is 5.69 Å². The van der Waals surface area contributed by atoms with Crippen LogP contribution in [0.25, 0.3) is 0 Å². The molecular formula is C37H36FN2O6Si. The molecule has 6 rings (SSSR count). The molecule has 2 heterocycles. The number of benzene rings is 4. The van der Waals surface area contributed by atoms with Gasteiger partial charge in [-0.05, 0) is 22.3 Å². The molecule has 1 aromatic heterocycles. The molecule has 0 saturated carbocycles. The van der Waals surface area contributed by atoms with Gasteiger partial charge in [0.2, 0.25) is 5.82 Å². The van der Waals surface area contributed by atoms with Crippen LogP contribution in [-0.2, 0) is 31.8 Å². The zero-order valence-electron chi connectivity index (χ0n) is 26.1. The maximum absolute atomic E-state index is 14.8. The molecule has 0 unspecified atom stereocenters. The highest BCUT2D eigenvalue weighted by Crippen LogP contribution is 2.44. The number of nitrogens with one attached hydrogen (secondary N) is 1. The average Bonchev–Trinajstić information content (AvgIpc) is 3.39. The number of aliphatic hydroxyl groups is 1. The smallest absolute Gasteiger partial charge is 0.330 e. The topological polar surface area (TPSA) is 103 Å². The first-order chi connectivity index (χ1) is 22.8. The van der Waals surface area contributed by atoms with E-state index in [9.17, 15) is 19.1 Å². The lowest BCUT2D eigenvalue weighted by Crippen LogP contribution is -2.59. The Morgan fingerprint density at radius 2 is 1.34 bits per heavy atom. The first kappa shape index (κ1) is 32.5. The Kier molecular flexibility index (Phi) is 9.49. The summed E-state index contributed by atoms with van der Waals surface area (Å²) < 4.78 is 35.9. The molecule has 241 valence electrons. The second-order valence-corrected chi connectivity index (χ2v) is 14.5. The number of aromatic nitrogens is 2. The second-order valence-electron chi connectivity index (χ2n) is 11.8. The molecule has 8 nitrogen and oxygen atoms in total. The van der Waals surface area contributed by atoms with Gasteiger partial charge in [0.1, 0.15) is 32.7 Å². The Balaban J connectivity index is 1.45. The Hall–Kier alpha value is -4.45. The lowest BCUT2D eigenvalue weighted by molar-refractivity contribution is -0.128. The predicted octanol–water partition coefficient (Wildman–Crippen LogP) is 4.98. The van der Waals surface area contributed by atoms with Crippen molar-refractivity contribution in [3.63, 3.8) is 0 Å². The standard InChI is InChI=1S/C37H36FN2O6Si/c1-47(2)37(40-23-30(38)34(42)39-35(40)43)33(44-24-26-15-7-3-8-16-26)32(41)31(46-37)25-45-36(27-17-9-4-10-18-27,28-19-11-5-12-20-28)29-21-13-6-14-22-29/h3-23,31-33,41H,24-25H2,1-2H3,(H,39,42,43)/t31-,32-,33-,37+/m1/s1. The summed E-state index contributed by atoms with van der Waals surface area (Å²) in [6.07, 6.45) is -2.56. The summed E-state index contributed by atoms with van der Waals surface area (Å²) in [5.41, 5.74) is 0.322. The van der Waals surface area contributed by atoms with Crippen molar-refractivity contribution in [3.8, 4) is 0 Å². The molecule has 1 fully saturated rings. The van der Waals surface area contributed by atoms with Crippen LogP contribution in [0.4, 0.5) is 4.39 Å². The Labute approximate surface area is 273 Å². The van der Waals surface area contributed by atoms with Gasteiger partial charge in [0, 0.05) is 0 Å². The van der Waals surface area contributed by atoms with Gasteiger partial charge in [-0.3, -0.25) is 14.3 Å². The molecule has 1 aliphatic rings. The maximum Gasteiger partial charge on any atom is 0.330 e. The lowest BCUT2D eigenvalue weighted by atomic mass is 9.80. The van der Waals surface area contributed by atoms with E-state index in [1.807, 2.05) is 134 Å². The minimum atomic E-state index is -1.79. The van der Waals surface area contributed by atoms with Crippen LogP contribution in [-0.4, -0.2) is 48.4 Å². The molecule has 1 saturated heterocycles. The number of hydrogen-bond donors (Lipinski definition) is 2. The van der Waals surface area contributed by atoms with Gasteiger partial charge in [-0.15, -0.1) is 0 Å². The lowest BCUT2D eigenvalue weighted by Gasteiger charge is -2.39. The molecule has 5 aromatic rings. The van der Waals surface area contributed by atoms with E-state index in [0.717, 1.165) is 33.0 Å². The largest absolute Gasteiger partial charge is 0.387 e. The summed E-state index contributed by atoms with van der Waals surface area (Å²) in [6, 6.07) is 38.8. The summed E-state index contributed by atoms with van der Waals surface area (Å²) in [7, 11) is -1.79. The first-order valence-corrected chi connectivity index (χ1v) is 17.9. The quantitative estimate of drug-likeness (QED) is 0.154. The first-order valence-electron chi connectivity index (χ1n) is 15.4. The third-order valence-corrected chi connectivity index (χ3v) is 10.7. The summed E-state index contributed by atoms with van der Waals surface area (Å²) in [5.74, 6) is -1.15. The van der Waals surface area contributed by atoms with Gasteiger partial charge in [0.05, 0.1) is 19.4 Å². The molecule has 0 spiro atoms. The SMILES string of the molecule is C[Si](C)[C@@]1(n2cc(F)c(=O)[nH]c2=O)O[C@H](COC(c2ccccc2)(c2ccccc2)c2ccccc2)[C@@H](O)[C@H]1OCc1ccccc1. The molecule has 10 heteroatoms. The van der Waals surface area contributed by atoms with Crippen LogP contribution in [0.1, 0.15) is 22.3 Å². The zero-order chi connectivity index (χ0) is 33.0. The molecule has 0 bridgehead atoms. The number of nitrogens with zero attached hydrogens (tertiary/aromatic N) is 1. The van der Waals surface area contributed by atoms with Gasteiger partial charge in [0.15, 0.2) is 5.35 Å². The number of hydrogen-bond acceptors (Lipinski definition) is 6. The van der Waals surface area contributed by atoms with Crippen LogP contribution in [0, 0.1) is 5.82 Å². The zero-order valence-corrected chi connectivity index (χ0v) is 27.1. The van der Waals surface area contributed by atoms with E-state index in [0.29, 0.717) is 0 Å². The van der Waals surface area contributed by atoms with Crippen molar-refractivity contribution < 1.29 is 23.7 Å². The maximum atomic E-state index is 14.8. The molecule has 47 heavy (non-hydrogen) atoms. The van der Waals surface area contributed by atoms with Crippen molar-refractivity contribution in [2.45, 2.75) is 49.0 Å². The van der Waals surface area contributed by atoms with Crippen molar-refractivity contribution in [1.29, 1.82) is 0 Å². The van der Waals surface area contributed by atoms with Crippen molar-refractivity contribution in [1.82, 2.24) is 9.55 Å². The number of halogens is 1. The highest BCUT2D eigenvalue weighted by molar-refractivity contribution is 6.58. The Bertz CT molecular complexity index is 1790. The van der Waals surface area contributed by atoms with E-state index in [1.54, 1.807) is 0 Å². The fourth-order valence-corrected chi connectivity index (χ4v) is 8.26. The summed E-state index contributed by atoms with van der Waals surface area (Å²) in [6.45, 7) is 3.75. The normalized spacial score (nSPS) is 21.3.